The molecule has 1 fully saturated rings. The number of aryl methyl sites for hydroxylation is 1. The summed E-state index contributed by atoms with van der Waals surface area (Å²) in [5.74, 6) is 0.726. The maximum Gasteiger partial charge on any atom is 0.360 e. The van der Waals surface area contributed by atoms with Crippen LogP contribution in [0.4, 0.5) is 5.82 Å². The Balaban J connectivity index is 2.13. The number of anilines is 1. The van der Waals surface area contributed by atoms with Crippen LogP contribution in [0.1, 0.15) is 43.0 Å². The van der Waals surface area contributed by atoms with Gasteiger partial charge in [0.2, 0.25) is 0 Å². The van der Waals surface area contributed by atoms with Crippen LogP contribution in [-0.4, -0.2) is 46.2 Å². The van der Waals surface area contributed by atoms with Gasteiger partial charge < -0.3 is 15.0 Å². The van der Waals surface area contributed by atoms with E-state index in [1.807, 2.05) is 11.5 Å². The van der Waals surface area contributed by atoms with E-state index in [4.69, 9.17) is 10.5 Å². The van der Waals surface area contributed by atoms with Crippen LogP contribution in [0, 0.1) is 6.92 Å². The Morgan fingerprint density at radius 2 is 2.10 bits per heavy atom. The molecular weight excluding hydrogens is 256 g/mol. The van der Waals surface area contributed by atoms with E-state index in [2.05, 4.69) is 16.8 Å². The third kappa shape index (κ3) is 2.95. The SMILES string of the molecule is CCOC(=O)c1nc(C)n(CC(C)N2CCCC2)c1N. The third-order valence-electron chi connectivity index (χ3n) is 3.88. The largest absolute Gasteiger partial charge is 0.461 e. The predicted molar refractivity (Wildman–Crippen MR) is 77.6 cm³/mol. The average Bonchev–Trinajstić information content (AvgIpc) is 3.02. The summed E-state index contributed by atoms with van der Waals surface area (Å²) in [6, 6.07) is 0.391. The Bertz CT molecular complexity index is 478. The maximum absolute atomic E-state index is 11.8. The Morgan fingerprint density at radius 3 is 2.70 bits per heavy atom. The summed E-state index contributed by atoms with van der Waals surface area (Å²) in [5, 5.41) is 0. The van der Waals surface area contributed by atoms with E-state index in [-0.39, 0.29) is 5.69 Å². The highest BCUT2D eigenvalue weighted by Gasteiger charge is 2.23. The summed E-state index contributed by atoms with van der Waals surface area (Å²) in [5.41, 5.74) is 6.30. The molecule has 1 aliphatic rings. The summed E-state index contributed by atoms with van der Waals surface area (Å²) in [6.45, 7) is 9.19. The predicted octanol–water partition coefficient (Wildman–Crippen LogP) is 1.43. The van der Waals surface area contributed by atoms with Gasteiger partial charge in [0.25, 0.3) is 0 Å². The van der Waals surface area contributed by atoms with Gasteiger partial charge in [0, 0.05) is 12.6 Å². The first-order valence-electron chi connectivity index (χ1n) is 7.28. The molecule has 1 aromatic heterocycles. The van der Waals surface area contributed by atoms with Gasteiger partial charge in [0.1, 0.15) is 11.6 Å². The second kappa shape index (κ2) is 6.26. The van der Waals surface area contributed by atoms with Crippen molar-refractivity contribution in [2.24, 2.45) is 0 Å². The fourth-order valence-electron chi connectivity index (χ4n) is 2.72. The third-order valence-corrected chi connectivity index (χ3v) is 3.88. The second-order valence-corrected chi connectivity index (χ2v) is 5.32. The lowest BCUT2D eigenvalue weighted by atomic mass is 10.3. The van der Waals surface area contributed by atoms with Gasteiger partial charge in [0.05, 0.1) is 6.61 Å². The van der Waals surface area contributed by atoms with Crippen LogP contribution in [0.3, 0.4) is 0 Å². The number of hydrogen-bond donors (Lipinski definition) is 1. The molecule has 1 unspecified atom stereocenters. The van der Waals surface area contributed by atoms with E-state index >= 15 is 0 Å². The van der Waals surface area contributed by atoms with Crippen LogP contribution < -0.4 is 5.73 Å². The highest BCUT2D eigenvalue weighted by Crippen LogP contribution is 2.19. The van der Waals surface area contributed by atoms with Crippen molar-refractivity contribution < 1.29 is 9.53 Å². The lowest BCUT2D eigenvalue weighted by Gasteiger charge is -2.24. The Morgan fingerprint density at radius 1 is 1.45 bits per heavy atom. The van der Waals surface area contributed by atoms with Crippen molar-refractivity contribution in [3.05, 3.63) is 11.5 Å². The van der Waals surface area contributed by atoms with Crippen molar-refractivity contribution in [3.63, 3.8) is 0 Å². The molecule has 112 valence electrons. The van der Waals surface area contributed by atoms with E-state index in [0.717, 1.165) is 25.5 Å². The first kappa shape index (κ1) is 14.8. The quantitative estimate of drug-likeness (QED) is 0.826. The molecular formula is C14H24N4O2. The minimum Gasteiger partial charge on any atom is -0.461 e. The molecule has 1 atom stereocenters. The number of carbonyl (C=O) groups excluding carboxylic acids is 1. The summed E-state index contributed by atoms with van der Waals surface area (Å²) in [6.07, 6.45) is 2.52. The first-order chi connectivity index (χ1) is 9.54. The number of rotatable bonds is 5. The molecule has 20 heavy (non-hydrogen) atoms. The fraction of sp³-hybridized carbons (Fsp3) is 0.714. The monoisotopic (exact) mass is 280 g/mol. The lowest BCUT2D eigenvalue weighted by Crippen LogP contribution is -2.34. The van der Waals surface area contributed by atoms with Crippen molar-refractivity contribution in [1.82, 2.24) is 14.5 Å². The van der Waals surface area contributed by atoms with E-state index in [0.29, 0.717) is 18.5 Å². The smallest absolute Gasteiger partial charge is 0.360 e. The molecule has 1 aromatic rings. The molecule has 1 saturated heterocycles. The van der Waals surface area contributed by atoms with Crippen LogP contribution in [-0.2, 0) is 11.3 Å². The number of nitrogens with two attached hydrogens (primary N) is 1. The molecule has 2 N–H and O–H groups in total. The van der Waals surface area contributed by atoms with Crippen LogP contribution in [0.5, 0.6) is 0 Å². The van der Waals surface area contributed by atoms with Crippen molar-refractivity contribution >= 4 is 11.8 Å². The molecule has 0 spiro atoms. The minimum atomic E-state index is -0.444. The number of nitrogen functional groups attached to an aromatic ring is 1. The number of aromatic nitrogens is 2. The molecule has 2 heterocycles. The standard InChI is InChI=1S/C14H24N4O2/c1-4-20-14(19)12-13(15)18(11(3)16-12)9-10(2)17-7-5-6-8-17/h10H,4-9,15H2,1-3H3. The average molecular weight is 280 g/mol. The number of likely N-dealkylation sites (tertiary alicyclic amines) is 1. The maximum atomic E-state index is 11.8. The highest BCUT2D eigenvalue weighted by atomic mass is 16.5. The van der Waals surface area contributed by atoms with Gasteiger partial charge in [-0.2, -0.15) is 0 Å². The molecule has 0 radical (unpaired) electrons. The van der Waals surface area contributed by atoms with Gasteiger partial charge in [-0.05, 0) is 46.7 Å². The topological polar surface area (TPSA) is 73.4 Å². The minimum absolute atomic E-state index is 0.234. The van der Waals surface area contributed by atoms with Crippen molar-refractivity contribution in [2.75, 3.05) is 25.4 Å². The van der Waals surface area contributed by atoms with Crippen LogP contribution in [0.15, 0.2) is 0 Å². The number of hydrogen-bond acceptors (Lipinski definition) is 5. The van der Waals surface area contributed by atoms with Crippen molar-refractivity contribution in [2.45, 2.75) is 46.2 Å². The molecule has 6 heteroatoms. The molecule has 0 aliphatic carbocycles. The van der Waals surface area contributed by atoms with E-state index in [1.165, 1.54) is 12.8 Å². The van der Waals surface area contributed by atoms with Gasteiger partial charge in [-0.1, -0.05) is 0 Å². The lowest BCUT2D eigenvalue weighted by molar-refractivity contribution is 0.0521. The normalized spacial score (nSPS) is 17.4. The van der Waals surface area contributed by atoms with E-state index in [1.54, 1.807) is 6.92 Å². The number of nitrogens with zero attached hydrogens (tertiary/aromatic N) is 3. The zero-order valence-corrected chi connectivity index (χ0v) is 12.6. The summed E-state index contributed by atoms with van der Waals surface area (Å²) >= 11 is 0. The van der Waals surface area contributed by atoms with Gasteiger partial charge in [-0.15, -0.1) is 0 Å². The number of carbonyl (C=O) groups is 1. The van der Waals surface area contributed by atoms with Gasteiger partial charge >= 0.3 is 5.97 Å². The zero-order valence-electron chi connectivity index (χ0n) is 12.6. The first-order valence-corrected chi connectivity index (χ1v) is 7.28. The van der Waals surface area contributed by atoms with Gasteiger partial charge in [-0.3, -0.25) is 4.90 Å². The second-order valence-electron chi connectivity index (χ2n) is 5.32. The molecule has 0 aromatic carbocycles. The zero-order chi connectivity index (χ0) is 14.7. The number of imidazole rings is 1. The molecule has 0 bridgehead atoms. The number of esters is 1. The summed E-state index contributed by atoms with van der Waals surface area (Å²) < 4.78 is 6.89. The Kier molecular flexibility index (Phi) is 4.65. The molecule has 6 nitrogen and oxygen atoms in total. The van der Waals surface area contributed by atoms with E-state index < -0.39 is 5.97 Å². The Hall–Kier alpha value is -1.56. The molecule has 1 aliphatic heterocycles. The summed E-state index contributed by atoms with van der Waals surface area (Å²) in [4.78, 5) is 18.5. The van der Waals surface area contributed by atoms with Crippen molar-refractivity contribution in [3.8, 4) is 0 Å². The Labute approximate surface area is 119 Å². The van der Waals surface area contributed by atoms with E-state index in [9.17, 15) is 4.79 Å². The molecule has 2 rings (SSSR count). The van der Waals surface area contributed by atoms with Crippen molar-refractivity contribution in [1.29, 1.82) is 0 Å². The number of ether oxygens (including phenoxy) is 1. The highest BCUT2D eigenvalue weighted by molar-refractivity contribution is 5.92. The van der Waals surface area contributed by atoms with Gasteiger partial charge in [0.15, 0.2) is 5.69 Å². The summed E-state index contributed by atoms with van der Waals surface area (Å²) in [7, 11) is 0. The van der Waals surface area contributed by atoms with Crippen LogP contribution in [0.25, 0.3) is 0 Å². The van der Waals surface area contributed by atoms with Crippen LogP contribution in [0.2, 0.25) is 0 Å². The van der Waals surface area contributed by atoms with Crippen LogP contribution >= 0.6 is 0 Å². The fourth-order valence-corrected chi connectivity index (χ4v) is 2.72. The van der Waals surface area contributed by atoms with Gasteiger partial charge in [-0.25, -0.2) is 9.78 Å². The molecule has 0 saturated carbocycles. The molecule has 0 amide bonds.